The zero-order chi connectivity index (χ0) is 16.8. The lowest BCUT2D eigenvalue weighted by Gasteiger charge is -2.11. The molecular weight excluding hydrogens is 405 g/mol. The molecule has 122 valence electrons. The van der Waals surface area contributed by atoms with E-state index < -0.39 is 0 Å². The van der Waals surface area contributed by atoms with Crippen LogP contribution in [-0.2, 0) is 4.74 Å². The molecule has 4 nitrogen and oxygen atoms in total. The summed E-state index contributed by atoms with van der Waals surface area (Å²) in [5.41, 5.74) is 0.924. The molecule has 7 heteroatoms. The number of carbonyl (C=O) groups is 1. The molecule has 0 atom stereocenters. The van der Waals surface area contributed by atoms with E-state index in [1.807, 2.05) is 0 Å². The van der Waals surface area contributed by atoms with Gasteiger partial charge in [-0.2, -0.15) is 0 Å². The number of ether oxygens (including phenoxy) is 2. The standard InChI is InChI=1S/C16H14BrCl2NO3/c1-22-7-8-23-14-6-5-10(9-11(14)17)16(21)20-13-4-2-3-12(18)15(13)19/h2-6,9H,7-8H2,1H3,(H,20,21). The lowest BCUT2D eigenvalue weighted by atomic mass is 10.2. The molecule has 0 bridgehead atoms. The van der Waals surface area contributed by atoms with Crippen LogP contribution < -0.4 is 10.1 Å². The predicted octanol–water partition coefficient (Wildman–Crippen LogP) is 5.03. The number of anilines is 1. The van der Waals surface area contributed by atoms with Crippen molar-refractivity contribution >= 4 is 50.7 Å². The van der Waals surface area contributed by atoms with Crippen molar-refractivity contribution in [3.05, 3.63) is 56.5 Å². The van der Waals surface area contributed by atoms with E-state index in [0.29, 0.717) is 44.7 Å². The summed E-state index contributed by atoms with van der Waals surface area (Å²) in [6, 6.07) is 10.1. The fourth-order valence-electron chi connectivity index (χ4n) is 1.79. The van der Waals surface area contributed by atoms with Crippen LogP contribution in [0.1, 0.15) is 10.4 Å². The molecule has 2 aromatic carbocycles. The van der Waals surface area contributed by atoms with Crippen LogP contribution in [-0.4, -0.2) is 26.2 Å². The summed E-state index contributed by atoms with van der Waals surface area (Å²) in [5.74, 6) is 0.345. The number of halogens is 3. The Labute approximate surface area is 152 Å². The second-order valence-corrected chi connectivity index (χ2v) is 6.18. The van der Waals surface area contributed by atoms with Gasteiger partial charge in [0.15, 0.2) is 0 Å². The van der Waals surface area contributed by atoms with Gasteiger partial charge in [-0.15, -0.1) is 0 Å². The highest BCUT2D eigenvalue weighted by molar-refractivity contribution is 9.10. The van der Waals surface area contributed by atoms with Crippen molar-refractivity contribution in [3.8, 4) is 5.75 Å². The molecule has 0 saturated heterocycles. The van der Waals surface area contributed by atoms with Crippen molar-refractivity contribution in [3.63, 3.8) is 0 Å². The van der Waals surface area contributed by atoms with E-state index in [1.165, 1.54) is 0 Å². The van der Waals surface area contributed by atoms with Gasteiger partial charge in [-0.05, 0) is 46.3 Å². The van der Waals surface area contributed by atoms with Crippen molar-refractivity contribution in [1.82, 2.24) is 0 Å². The van der Waals surface area contributed by atoms with Gasteiger partial charge in [-0.3, -0.25) is 4.79 Å². The number of amides is 1. The Morgan fingerprint density at radius 1 is 1.22 bits per heavy atom. The molecule has 0 aliphatic heterocycles. The fourth-order valence-corrected chi connectivity index (χ4v) is 2.63. The normalized spacial score (nSPS) is 10.4. The molecule has 1 N–H and O–H groups in total. The van der Waals surface area contributed by atoms with E-state index in [4.69, 9.17) is 32.7 Å². The van der Waals surface area contributed by atoms with Gasteiger partial charge in [-0.25, -0.2) is 0 Å². The zero-order valence-electron chi connectivity index (χ0n) is 12.2. The minimum atomic E-state index is -0.293. The van der Waals surface area contributed by atoms with Crippen LogP contribution in [0.25, 0.3) is 0 Å². The average molecular weight is 419 g/mol. The van der Waals surface area contributed by atoms with Crippen LogP contribution in [0.3, 0.4) is 0 Å². The molecule has 0 radical (unpaired) electrons. The maximum Gasteiger partial charge on any atom is 0.255 e. The van der Waals surface area contributed by atoms with Gasteiger partial charge in [0.1, 0.15) is 12.4 Å². The maximum absolute atomic E-state index is 12.3. The van der Waals surface area contributed by atoms with Crippen molar-refractivity contribution in [2.24, 2.45) is 0 Å². The van der Waals surface area contributed by atoms with Gasteiger partial charge < -0.3 is 14.8 Å². The first kappa shape index (κ1) is 18.1. The van der Waals surface area contributed by atoms with Gasteiger partial charge in [0.05, 0.1) is 26.8 Å². The molecule has 0 aliphatic carbocycles. The van der Waals surface area contributed by atoms with E-state index in [-0.39, 0.29) is 5.91 Å². The lowest BCUT2D eigenvalue weighted by molar-refractivity contribution is 0.102. The molecular formula is C16H14BrCl2NO3. The molecule has 0 saturated carbocycles. The van der Waals surface area contributed by atoms with Crippen molar-refractivity contribution in [1.29, 1.82) is 0 Å². The summed E-state index contributed by atoms with van der Waals surface area (Å²) in [7, 11) is 1.60. The predicted molar refractivity (Wildman–Crippen MR) is 95.9 cm³/mol. The summed E-state index contributed by atoms with van der Waals surface area (Å²) in [5, 5.41) is 3.42. The minimum absolute atomic E-state index is 0.293. The topological polar surface area (TPSA) is 47.6 Å². The Bertz CT molecular complexity index is 710. The molecule has 2 rings (SSSR count). The summed E-state index contributed by atoms with van der Waals surface area (Å²) in [6.07, 6.45) is 0. The maximum atomic E-state index is 12.3. The molecule has 0 aromatic heterocycles. The Morgan fingerprint density at radius 3 is 2.70 bits per heavy atom. The Hall–Kier alpha value is -1.27. The Kier molecular flexibility index (Phi) is 6.72. The fraction of sp³-hybridized carbons (Fsp3) is 0.188. The molecule has 1 amide bonds. The van der Waals surface area contributed by atoms with Gasteiger partial charge in [0.2, 0.25) is 0 Å². The van der Waals surface area contributed by atoms with Crippen molar-refractivity contribution < 1.29 is 14.3 Å². The van der Waals surface area contributed by atoms with Crippen LogP contribution in [0.4, 0.5) is 5.69 Å². The Morgan fingerprint density at radius 2 is 2.00 bits per heavy atom. The first-order valence-corrected chi connectivity index (χ1v) is 8.24. The SMILES string of the molecule is COCCOc1ccc(C(=O)Nc2cccc(Cl)c2Cl)cc1Br. The number of hydrogen-bond donors (Lipinski definition) is 1. The van der Waals surface area contributed by atoms with Crippen LogP contribution >= 0.6 is 39.1 Å². The molecule has 0 aliphatic rings. The third-order valence-corrected chi connectivity index (χ3v) is 4.38. The average Bonchev–Trinajstić information content (AvgIpc) is 2.53. The van der Waals surface area contributed by atoms with Crippen LogP contribution in [0, 0.1) is 0 Å². The van der Waals surface area contributed by atoms with Crippen molar-refractivity contribution in [2.75, 3.05) is 25.6 Å². The lowest BCUT2D eigenvalue weighted by Crippen LogP contribution is -2.12. The minimum Gasteiger partial charge on any atom is -0.490 e. The van der Waals surface area contributed by atoms with Gasteiger partial charge in [0.25, 0.3) is 5.91 Å². The number of rotatable bonds is 6. The summed E-state index contributed by atoms with van der Waals surface area (Å²) in [4.78, 5) is 12.3. The van der Waals surface area contributed by atoms with Gasteiger partial charge >= 0.3 is 0 Å². The third kappa shape index (κ3) is 4.85. The van der Waals surface area contributed by atoms with Crippen LogP contribution in [0.5, 0.6) is 5.75 Å². The van der Waals surface area contributed by atoms with Crippen molar-refractivity contribution in [2.45, 2.75) is 0 Å². The highest BCUT2D eigenvalue weighted by atomic mass is 79.9. The first-order valence-electron chi connectivity index (χ1n) is 6.69. The van der Waals surface area contributed by atoms with E-state index in [2.05, 4.69) is 21.2 Å². The number of benzene rings is 2. The molecule has 0 spiro atoms. The highest BCUT2D eigenvalue weighted by Crippen LogP contribution is 2.30. The quantitative estimate of drug-likeness (QED) is 0.669. The number of methoxy groups -OCH3 is 1. The molecule has 2 aromatic rings. The van der Waals surface area contributed by atoms with E-state index >= 15 is 0 Å². The smallest absolute Gasteiger partial charge is 0.255 e. The highest BCUT2D eigenvalue weighted by Gasteiger charge is 2.12. The largest absolute Gasteiger partial charge is 0.490 e. The molecule has 0 unspecified atom stereocenters. The monoisotopic (exact) mass is 417 g/mol. The number of hydrogen-bond acceptors (Lipinski definition) is 3. The summed E-state index contributed by atoms with van der Waals surface area (Å²) < 4.78 is 11.1. The summed E-state index contributed by atoms with van der Waals surface area (Å²) >= 11 is 15.4. The van der Waals surface area contributed by atoms with Gasteiger partial charge in [-0.1, -0.05) is 29.3 Å². The van der Waals surface area contributed by atoms with E-state index in [9.17, 15) is 4.79 Å². The van der Waals surface area contributed by atoms with Gasteiger partial charge in [0, 0.05) is 12.7 Å². The number of carbonyl (C=O) groups excluding carboxylic acids is 1. The summed E-state index contributed by atoms with van der Waals surface area (Å²) in [6.45, 7) is 0.917. The third-order valence-electron chi connectivity index (χ3n) is 2.94. The molecule has 23 heavy (non-hydrogen) atoms. The van der Waals surface area contributed by atoms with E-state index in [0.717, 1.165) is 0 Å². The van der Waals surface area contributed by atoms with E-state index in [1.54, 1.807) is 43.5 Å². The van der Waals surface area contributed by atoms with Crippen LogP contribution in [0.15, 0.2) is 40.9 Å². The second kappa shape index (κ2) is 8.55. The van der Waals surface area contributed by atoms with Crippen LogP contribution in [0.2, 0.25) is 10.0 Å². The first-order chi connectivity index (χ1) is 11.0. The number of nitrogens with one attached hydrogen (secondary N) is 1. The Balaban J connectivity index is 2.10. The zero-order valence-corrected chi connectivity index (χ0v) is 15.3. The molecule has 0 heterocycles. The second-order valence-electron chi connectivity index (χ2n) is 4.54. The molecule has 0 fully saturated rings.